The third-order valence-corrected chi connectivity index (χ3v) is 4.88. The Bertz CT molecular complexity index is 813. The number of carbonyl (C=O) groups excluding carboxylic acids is 1. The molecule has 1 aromatic carbocycles. The van der Waals surface area contributed by atoms with Gasteiger partial charge in [-0.2, -0.15) is 18.3 Å². The molecule has 0 saturated carbocycles. The molecule has 3 rings (SSSR count). The Balaban J connectivity index is 2.00. The van der Waals surface area contributed by atoms with Crippen molar-refractivity contribution in [3.63, 3.8) is 0 Å². The van der Waals surface area contributed by atoms with Gasteiger partial charge in [0.2, 0.25) is 0 Å². The standard InChI is InChI=1S/C18H21F3N4O/c1-12-3-5-13(6-4-12)25-15(18(19,20)21)14(9-23-25)16(26)24-8-7-17(2,10-22)11-24/h3-6,9H,7-8,10-11,22H2,1-2H3. The molecule has 1 atom stereocenters. The lowest BCUT2D eigenvalue weighted by Gasteiger charge is -2.22. The summed E-state index contributed by atoms with van der Waals surface area (Å²) in [5.74, 6) is -0.659. The van der Waals surface area contributed by atoms with Crippen LogP contribution in [0.2, 0.25) is 0 Å². The lowest BCUT2D eigenvalue weighted by molar-refractivity contribution is -0.143. The fourth-order valence-corrected chi connectivity index (χ4v) is 3.19. The van der Waals surface area contributed by atoms with Crippen LogP contribution in [0.4, 0.5) is 13.2 Å². The molecule has 1 saturated heterocycles. The van der Waals surface area contributed by atoms with Crippen LogP contribution in [-0.2, 0) is 6.18 Å². The first kappa shape index (κ1) is 18.4. The summed E-state index contributed by atoms with van der Waals surface area (Å²) in [4.78, 5) is 14.2. The van der Waals surface area contributed by atoms with E-state index in [1.807, 2.05) is 13.8 Å². The molecule has 1 aliphatic rings. The second-order valence-corrected chi connectivity index (χ2v) is 7.14. The summed E-state index contributed by atoms with van der Waals surface area (Å²) in [6.45, 7) is 4.88. The molecule has 1 fully saturated rings. The zero-order chi connectivity index (χ0) is 19.1. The topological polar surface area (TPSA) is 64.2 Å². The first-order valence-electron chi connectivity index (χ1n) is 8.36. The molecule has 2 heterocycles. The van der Waals surface area contributed by atoms with Gasteiger partial charge in [0.05, 0.1) is 17.4 Å². The van der Waals surface area contributed by atoms with Gasteiger partial charge in [-0.25, -0.2) is 4.68 Å². The van der Waals surface area contributed by atoms with Crippen LogP contribution >= 0.6 is 0 Å². The number of benzene rings is 1. The summed E-state index contributed by atoms with van der Waals surface area (Å²) in [5.41, 5.74) is 5.16. The van der Waals surface area contributed by atoms with Crippen molar-refractivity contribution >= 4 is 5.91 Å². The van der Waals surface area contributed by atoms with Crippen LogP contribution < -0.4 is 5.73 Å². The number of likely N-dealkylation sites (tertiary alicyclic amines) is 1. The van der Waals surface area contributed by atoms with Gasteiger partial charge in [-0.1, -0.05) is 24.6 Å². The molecular weight excluding hydrogens is 345 g/mol. The molecule has 1 unspecified atom stereocenters. The lowest BCUT2D eigenvalue weighted by atomic mass is 9.90. The summed E-state index contributed by atoms with van der Waals surface area (Å²) in [5, 5.41) is 3.86. The second kappa shape index (κ2) is 6.42. The van der Waals surface area contributed by atoms with Crippen molar-refractivity contribution < 1.29 is 18.0 Å². The number of nitrogens with two attached hydrogens (primary N) is 1. The van der Waals surface area contributed by atoms with Crippen LogP contribution in [0.15, 0.2) is 30.5 Å². The van der Waals surface area contributed by atoms with E-state index < -0.39 is 23.3 Å². The molecule has 2 N–H and O–H groups in total. The minimum atomic E-state index is -4.71. The predicted molar refractivity (Wildman–Crippen MR) is 91.0 cm³/mol. The number of hydrogen-bond acceptors (Lipinski definition) is 3. The Labute approximate surface area is 149 Å². The van der Waals surface area contributed by atoms with Crippen molar-refractivity contribution in [1.82, 2.24) is 14.7 Å². The molecule has 2 aromatic rings. The smallest absolute Gasteiger partial charge is 0.338 e. The molecule has 0 radical (unpaired) electrons. The maximum absolute atomic E-state index is 13.7. The van der Waals surface area contributed by atoms with Gasteiger partial charge in [0.1, 0.15) is 0 Å². The van der Waals surface area contributed by atoms with Gasteiger partial charge >= 0.3 is 6.18 Å². The number of amides is 1. The van der Waals surface area contributed by atoms with Crippen LogP contribution in [0.25, 0.3) is 5.69 Å². The zero-order valence-corrected chi connectivity index (χ0v) is 14.7. The maximum Gasteiger partial charge on any atom is 0.434 e. The van der Waals surface area contributed by atoms with Crippen LogP contribution in [0, 0.1) is 12.3 Å². The molecule has 1 aliphatic heterocycles. The molecule has 5 nitrogen and oxygen atoms in total. The highest BCUT2D eigenvalue weighted by molar-refractivity contribution is 5.95. The van der Waals surface area contributed by atoms with Crippen molar-refractivity contribution in [2.24, 2.45) is 11.1 Å². The number of aromatic nitrogens is 2. The Hall–Kier alpha value is -2.35. The average molecular weight is 366 g/mol. The Kier molecular flexibility index (Phi) is 4.56. The number of alkyl halides is 3. The van der Waals surface area contributed by atoms with E-state index in [-0.39, 0.29) is 11.1 Å². The van der Waals surface area contributed by atoms with Crippen molar-refractivity contribution in [2.45, 2.75) is 26.4 Å². The van der Waals surface area contributed by atoms with Crippen LogP contribution in [0.3, 0.4) is 0 Å². The number of hydrogen-bond donors (Lipinski definition) is 1. The van der Waals surface area contributed by atoms with E-state index in [2.05, 4.69) is 5.10 Å². The first-order valence-corrected chi connectivity index (χ1v) is 8.36. The van der Waals surface area contributed by atoms with E-state index >= 15 is 0 Å². The first-order chi connectivity index (χ1) is 12.1. The SMILES string of the molecule is Cc1ccc(-n2ncc(C(=O)N3CCC(C)(CN)C3)c2C(F)(F)F)cc1. The largest absolute Gasteiger partial charge is 0.434 e. The Morgan fingerprint density at radius 1 is 1.31 bits per heavy atom. The van der Waals surface area contributed by atoms with Crippen molar-refractivity contribution in [1.29, 1.82) is 0 Å². The van der Waals surface area contributed by atoms with Gasteiger partial charge in [0, 0.05) is 13.1 Å². The number of carbonyl (C=O) groups is 1. The molecule has 140 valence electrons. The molecule has 1 aromatic heterocycles. The van der Waals surface area contributed by atoms with Gasteiger partial charge in [-0.05, 0) is 37.4 Å². The Morgan fingerprint density at radius 3 is 2.50 bits per heavy atom. The quantitative estimate of drug-likeness (QED) is 0.908. The van der Waals surface area contributed by atoms with Gasteiger partial charge in [-0.3, -0.25) is 4.79 Å². The van der Waals surface area contributed by atoms with E-state index in [0.29, 0.717) is 26.1 Å². The lowest BCUT2D eigenvalue weighted by Crippen LogP contribution is -2.35. The van der Waals surface area contributed by atoms with Gasteiger partial charge < -0.3 is 10.6 Å². The molecule has 0 spiro atoms. The van der Waals surface area contributed by atoms with Crippen molar-refractivity contribution in [3.05, 3.63) is 47.3 Å². The number of halogens is 3. The maximum atomic E-state index is 13.7. The summed E-state index contributed by atoms with van der Waals surface area (Å²) in [7, 11) is 0. The van der Waals surface area contributed by atoms with Crippen LogP contribution in [0.5, 0.6) is 0 Å². The Morgan fingerprint density at radius 2 is 1.96 bits per heavy atom. The summed E-state index contributed by atoms with van der Waals surface area (Å²) in [6, 6.07) is 6.50. The summed E-state index contributed by atoms with van der Waals surface area (Å²) < 4.78 is 41.9. The van der Waals surface area contributed by atoms with E-state index in [4.69, 9.17) is 5.73 Å². The van der Waals surface area contributed by atoms with E-state index in [1.165, 1.54) is 4.90 Å². The third-order valence-electron chi connectivity index (χ3n) is 4.88. The van der Waals surface area contributed by atoms with Crippen LogP contribution in [-0.4, -0.2) is 40.2 Å². The highest BCUT2D eigenvalue weighted by atomic mass is 19.4. The number of aryl methyl sites for hydroxylation is 1. The minimum Gasteiger partial charge on any atom is -0.338 e. The van der Waals surface area contributed by atoms with Crippen molar-refractivity contribution in [2.75, 3.05) is 19.6 Å². The fraction of sp³-hybridized carbons (Fsp3) is 0.444. The fourth-order valence-electron chi connectivity index (χ4n) is 3.19. The molecular formula is C18H21F3N4O. The predicted octanol–water partition coefficient (Wildman–Crippen LogP) is 3.01. The molecule has 8 heteroatoms. The summed E-state index contributed by atoms with van der Waals surface area (Å²) in [6.07, 6.45) is -3.03. The van der Waals surface area contributed by atoms with Gasteiger partial charge in [-0.15, -0.1) is 0 Å². The highest BCUT2D eigenvalue weighted by Gasteiger charge is 2.43. The van der Waals surface area contributed by atoms with Gasteiger partial charge in [0.25, 0.3) is 5.91 Å². The van der Waals surface area contributed by atoms with E-state index in [0.717, 1.165) is 16.4 Å². The third kappa shape index (κ3) is 3.33. The van der Waals surface area contributed by atoms with Crippen LogP contribution in [0.1, 0.15) is 35.0 Å². The summed E-state index contributed by atoms with van der Waals surface area (Å²) >= 11 is 0. The normalized spacial score (nSPS) is 20.6. The minimum absolute atomic E-state index is 0.259. The monoisotopic (exact) mass is 366 g/mol. The second-order valence-electron chi connectivity index (χ2n) is 7.14. The molecule has 0 bridgehead atoms. The highest BCUT2D eigenvalue weighted by Crippen LogP contribution is 2.36. The molecule has 0 aliphatic carbocycles. The van der Waals surface area contributed by atoms with Gasteiger partial charge in [0.15, 0.2) is 5.69 Å². The average Bonchev–Trinajstić information content (AvgIpc) is 3.19. The van der Waals surface area contributed by atoms with E-state index in [1.54, 1.807) is 24.3 Å². The zero-order valence-electron chi connectivity index (χ0n) is 14.7. The van der Waals surface area contributed by atoms with E-state index in [9.17, 15) is 18.0 Å². The molecule has 1 amide bonds. The van der Waals surface area contributed by atoms with Crippen molar-refractivity contribution in [3.8, 4) is 5.69 Å². The molecule has 26 heavy (non-hydrogen) atoms. The number of nitrogens with zero attached hydrogens (tertiary/aromatic N) is 3. The number of rotatable bonds is 3.